The van der Waals surface area contributed by atoms with Gasteiger partial charge in [-0.25, -0.2) is 0 Å². The van der Waals surface area contributed by atoms with Gasteiger partial charge in [0.1, 0.15) is 11.5 Å². The van der Waals surface area contributed by atoms with E-state index < -0.39 is 0 Å². The minimum atomic E-state index is 0.412. The number of hydrogen-bond donors (Lipinski definition) is 1. The molecular formula is C13H15NO2. The average molecular weight is 217 g/mol. The quantitative estimate of drug-likeness (QED) is 0.856. The fourth-order valence-corrected chi connectivity index (χ4v) is 1.65. The summed E-state index contributed by atoms with van der Waals surface area (Å²) in [5, 5.41) is 0. The van der Waals surface area contributed by atoms with Gasteiger partial charge in [0.05, 0.1) is 19.4 Å². The highest BCUT2D eigenvalue weighted by molar-refractivity contribution is 5.66. The molecule has 0 fully saturated rings. The molecule has 2 aromatic rings. The standard InChI is InChI=1S/C13H15NO2/c1-2-15-11-5-3-10(4-6-11)12-7-8-16-13(12)9-14/h3-8H,2,9,14H2,1H3. The van der Waals surface area contributed by atoms with Crippen LogP contribution in [0.25, 0.3) is 11.1 Å². The Morgan fingerprint density at radius 3 is 2.56 bits per heavy atom. The Morgan fingerprint density at radius 2 is 1.94 bits per heavy atom. The van der Waals surface area contributed by atoms with Gasteiger partial charge in [-0.15, -0.1) is 0 Å². The molecule has 2 rings (SSSR count). The molecule has 3 heteroatoms. The van der Waals surface area contributed by atoms with Gasteiger partial charge in [-0.05, 0) is 30.7 Å². The van der Waals surface area contributed by atoms with Gasteiger partial charge in [-0.3, -0.25) is 0 Å². The van der Waals surface area contributed by atoms with Gasteiger partial charge in [0, 0.05) is 5.56 Å². The second-order valence-electron chi connectivity index (χ2n) is 3.42. The van der Waals surface area contributed by atoms with Crippen molar-refractivity contribution in [2.24, 2.45) is 5.73 Å². The number of benzene rings is 1. The molecule has 0 aliphatic carbocycles. The fourth-order valence-electron chi connectivity index (χ4n) is 1.65. The van der Waals surface area contributed by atoms with Gasteiger partial charge in [0.25, 0.3) is 0 Å². The molecule has 0 saturated heterocycles. The van der Waals surface area contributed by atoms with Crippen molar-refractivity contribution in [3.63, 3.8) is 0 Å². The van der Waals surface area contributed by atoms with Crippen molar-refractivity contribution < 1.29 is 9.15 Å². The van der Waals surface area contributed by atoms with E-state index in [0.29, 0.717) is 13.2 Å². The van der Waals surface area contributed by atoms with E-state index >= 15 is 0 Å². The molecule has 84 valence electrons. The van der Waals surface area contributed by atoms with Gasteiger partial charge >= 0.3 is 0 Å². The third kappa shape index (κ3) is 2.09. The predicted octanol–water partition coefficient (Wildman–Crippen LogP) is 2.80. The third-order valence-electron chi connectivity index (χ3n) is 2.41. The molecule has 1 heterocycles. The van der Waals surface area contributed by atoms with Crippen molar-refractivity contribution in [1.82, 2.24) is 0 Å². The van der Waals surface area contributed by atoms with E-state index in [2.05, 4.69) is 0 Å². The minimum Gasteiger partial charge on any atom is -0.494 e. The first-order valence-electron chi connectivity index (χ1n) is 5.34. The van der Waals surface area contributed by atoms with Crippen LogP contribution in [0, 0.1) is 0 Å². The van der Waals surface area contributed by atoms with E-state index in [9.17, 15) is 0 Å². The molecular weight excluding hydrogens is 202 g/mol. The van der Waals surface area contributed by atoms with Gasteiger partial charge in [-0.1, -0.05) is 12.1 Å². The van der Waals surface area contributed by atoms with Crippen LogP contribution < -0.4 is 10.5 Å². The highest BCUT2D eigenvalue weighted by Crippen LogP contribution is 2.26. The summed E-state index contributed by atoms with van der Waals surface area (Å²) < 4.78 is 10.7. The number of ether oxygens (including phenoxy) is 1. The van der Waals surface area contributed by atoms with Crippen LogP contribution >= 0.6 is 0 Å². The maximum absolute atomic E-state index is 5.59. The van der Waals surface area contributed by atoms with E-state index in [0.717, 1.165) is 22.6 Å². The van der Waals surface area contributed by atoms with E-state index in [-0.39, 0.29) is 0 Å². The molecule has 0 unspecified atom stereocenters. The van der Waals surface area contributed by atoms with Crippen molar-refractivity contribution >= 4 is 0 Å². The molecule has 0 aliphatic rings. The van der Waals surface area contributed by atoms with E-state index in [4.69, 9.17) is 14.9 Å². The van der Waals surface area contributed by atoms with E-state index in [1.54, 1.807) is 6.26 Å². The smallest absolute Gasteiger partial charge is 0.125 e. The highest BCUT2D eigenvalue weighted by atomic mass is 16.5. The van der Waals surface area contributed by atoms with Crippen molar-refractivity contribution in [3.8, 4) is 16.9 Å². The summed E-state index contributed by atoms with van der Waals surface area (Å²) in [4.78, 5) is 0. The van der Waals surface area contributed by atoms with Gasteiger partial charge in [0.15, 0.2) is 0 Å². The van der Waals surface area contributed by atoms with Crippen LogP contribution in [0.4, 0.5) is 0 Å². The monoisotopic (exact) mass is 217 g/mol. The SMILES string of the molecule is CCOc1ccc(-c2ccoc2CN)cc1. The molecule has 16 heavy (non-hydrogen) atoms. The lowest BCUT2D eigenvalue weighted by Crippen LogP contribution is -1.96. The van der Waals surface area contributed by atoms with Crippen LogP contribution in [0.15, 0.2) is 41.0 Å². The molecule has 1 aromatic heterocycles. The first-order chi connectivity index (χ1) is 7.85. The van der Waals surface area contributed by atoms with Crippen molar-refractivity contribution in [2.45, 2.75) is 13.5 Å². The Morgan fingerprint density at radius 1 is 1.19 bits per heavy atom. The topological polar surface area (TPSA) is 48.4 Å². The summed E-state index contributed by atoms with van der Waals surface area (Å²) in [6.45, 7) is 3.06. The summed E-state index contributed by atoms with van der Waals surface area (Å²) in [5.41, 5.74) is 7.73. The van der Waals surface area contributed by atoms with Crippen LogP contribution in [0.3, 0.4) is 0 Å². The molecule has 0 aliphatic heterocycles. The predicted molar refractivity (Wildman–Crippen MR) is 63.2 cm³/mol. The molecule has 0 spiro atoms. The molecule has 0 saturated carbocycles. The molecule has 1 aromatic carbocycles. The molecule has 2 N–H and O–H groups in total. The molecule has 0 bridgehead atoms. The Balaban J connectivity index is 2.27. The highest BCUT2D eigenvalue weighted by Gasteiger charge is 2.06. The summed E-state index contributed by atoms with van der Waals surface area (Å²) >= 11 is 0. The zero-order valence-electron chi connectivity index (χ0n) is 9.27. The summed E-state index contributed by atoms with van der Waals surface area (Å²) in [5.74, 6) is 1.69. The van der Waals surface area contributed by atoms with Crippen LogP contribution in [0.1, 0.15) is 12.7 Å². The Kier molecular flexibility index (Phi) is 3.27. The zero-order chi connectivity index (χ0) is 11.4. The first kappa shape index (κ1) is 10.8. The van der Waals surface area contributed by atoms with Crippen LogP contribution in [0.2, 0.25) is 0 Å². The third-order valence-corrected chi connectivity index (χ3v) is 2.41. The number of furan rings is 1. The second-order valence-corrected chi connectivity index (χ2v) is 3.42. The largest absolute Gasteiger partial charge is 0.494 e. The second kappa shape index (κ2) is 4.86. The lowest BCUT2D eigenvalue weighted by molar-refractivity contribution is 0.340. The summed E-state index contributed by atoms with van der Waals surface area (Å²) in [6.07, 6.45) is 1.66. The van der Waals surface area contributed by atoms with Crippen molar-refractivity contribution in [1.29, 1.82) is 0 Å². The summed E-state index contributed by atoms with van der Waals surface area (Å²) in [6, 6.07) is 9.85. The minimum absolute atomic E-state index is 0.412. The zero-order valence-corrected chi connectivity index (χ0v) is 9.27. The first-order valence-corrected chi connectivity index (χ1v) is 5.34. The molecule has 0 radical (unpaired) electrons. The van der Waals surface area contributed by atoms with Crippen LogP contribution in [-0.2, 0) is 6.54 Å². The Hall–Kier alpha value is -1.74. The fraction of sp³-hybridized carbons (Fsp3) is 0.231. The Labute approximate surface area is 94.8 Å². The summed E-state index contributed by atoms with van der Waals surface area (Å²) in [7, 11) is 0. The van der Waals surface area contributed by atoms with Crippen molar-refractivity contribution in [2.75, 3.05) is 6.61 Å². The average Bonchev–Trinajstić information content (AvgIpc) is 2.78. The number of rotatable bonds is 4. The molecule has 0 atom stereocenters. The van der Waals surface area contributed by atoms with Crippen LogP contribution in [-0.4, -0.2) is 6.61 Å². The van der Waals surface area contributed by atoms with Gasteiger partial charge in [0.2, 0.25) is 0 Å². The lowest BCUT2D eigenvalue weighted by Gasteiger charge is -2.04. The molecule has 0 amide bonds. The van der Waals surface area contributed by atoms with Gasteiger partial charge in [-0.2, -0.15) is 0 Å². The number of hydrogen-bond acceptors (Lipinski definition) is 3. The van der Waals surface area contributed by atoms with Crippen LogP contribution in [0.5, 0.6) is 5.75 Å². The van der Waals surface area contributed by atoms with E-state index in [1.165, 1.54) is 0 Å². The van der Waals surface area contributed by atoms with Crippen molar-refractivity contribution in [3.05, 3.63) is 42.4 Å². The molecule has 3 nitrogen and oxygen atoms in total. The Bertz CT molecular complexity index is 445. The van der Waals surface area contributed by atoms with Gasteiger partial charge < -0.3 is 14.9 Å². The lowest BCUT2D eigenvalue weighted by atomic mass is 10.1. The van der Waals surface area contributed by atoms with E-state index in [1.807, 2.05) is 37.3 Å². The maximum atomic E-state index is 5.59. The maximum Gasteiger partial charge on any atom is 0.125 e. The number of nitrogens with two attached hydrogens (primary N) is 1. The normalized spacial score (nSPS) is 10.4.